The van der Waals surface area contributed by atoms with E-state index >= 15 is 0 Å². The van der Waals surface area contributed by atoms with Gasteiger partial charge in [0.1, 0.15) is 0 Å². The molecule has 0 saturated carbocycles. The number of hydrogen-bond donors (Lipinski definition) is 0. The van der Waals surface area contributed by atoms with Crippen molar-refractivity contribution in [2.75, 3.05) is 0 Å². The zero-order valence-electron chi connectivity index (χ0n) is 8.43. The van der Waals surface area contributed by atoms with Gasteiger partial charge in [0.25, 0.3) is 0 Å². The highest BCUT2D eigenvalue weighted by atomic mass is 14.1. The van der Waals surface area contributed by atoms with Crippen LogP contribution in [0.4, 0.5) is 0 Å². The van der Waals surface area contributed by atoms with Crippen LogP contribution >= 0.6 is 0 Å². The van der Waals surface area contributed by atoms with Gasteiger partial charge in [-0.25, -0.2) is 0 Å². The molecule has 0 aliphatic heterocycles. The summed E-state index contributed by atoms with van der Waals surface area (Å²) in [5.74, 6) is 0. The van der Waals surface area contributed by atoms with Crippen molar-refractivity contribution >= 4 is 12.2 Å². The molecule has 0 unspecified atom stereocenters. The summed E-state index contributed by atoms with van der Waals surface area (Å²) in [5.41, 5.74) is 5.06. The molecule has 0 aromatic heterocycles. The molecule has 0 spiro atoms. The average Bonchev–Trinajstić information content (AvgIpc) is 2.17. The SMILES string of the molecule is C=Cc1c(C)ccc(CC)c1C=C. The lowest BCUT2D eigenvalue weighted by Crippen LogP contribution is -1.92. The molecular weight excluding hydrogens is 156 g/mol. The van der Waals surface area contributed by atoms with Gasteiger partial charge in [-0.2, -0.15) is 0 Å². The second-order valence-corrected chi connectivity index (χ2v) is 3.13. The first kappa shape index (κ1) is 9.79. The van der Waals surface area contributed by atoms with E-state index in [1.807, 2.05) is 12.2 Å². The lowest BCUT2D eigenvalue weighted by atomic mass is 9.95. The van der Waals surface area contributed by atoms with Crippen LogP contribution in [0.1, 0.15) is 29.2 Å². The third kappa shape index (κ3) is 1.72. The molecule has 68 valence electrons. The molecule has 0 heteroatoms. The van der Waals surface area contributed by atoms with Crippen molar-refractivity contribution < 1.29 is 0 Å². The van der Waals surface area contributed by atoms with Crippen LogP contribution in [0.15, 0.2) is 25.3 Å². The first-order valence-electron chi connectivity index (χ1n) is 4.62. The summed E-state index contributed by atoms with van der Waals surface area (Å²) in [6.07, 6.45) is 4.87. The van der Waals surface area contributed by atoms with Gasteiger partial charge in [-0.1, -0.05) is 44.4 Å². The van der Waals surface area contributed by atoms with Crippen molar-refractivity contribution in [3.05, 3.63) is 47.5 Å². The number of benzene rings is 1. The Kier molecular flexibility index (Phi) is 3.07. The summed E-state index contributed by atoms with van der Waals surface area (Å²) >= 11 is 0. The van der Waals surface area contributed by atoms with Crippen molar-refractivity contribution in [2.24, 2.45) is 0 Å². The summed E-state index contributed by atoms with van der Waals surface area (Å²) in [6, 6.07) is 4.31. The molecule has 0 saturated heterocycles. The normalized spacial score (nSPS) is 9.69. The fourth-order valence-corrected chi connectivity index (χ4v) is 1.61. The quantitative estimate of drug-likeness (QED) is 0.649. The zero-order chi connectivity index (χ0) is 9.84. The van der Waals surface area contributed by atoms with Crippen LogP contribution in [-0.4, -0.2) is 0 Å². The minimum Gasteiger partial charge on any atom is -0.0984 e. The molecule has 1 aromatic rings. The Morgan fingerprint density at radius 2 is 1.77 bits per heavy atom. The first-order valence-corrected chi connectivity index (χ1v) is 4.62. The van der Waals surface area contributed by atoms with Crippen LogP contribution in [0.5, 0.6) is 0 Å². The van der Waals surface area contributed by atoms with E-state index in [1.54, 1.807) is 0 Å². The minimum atomic E-state index is 1.04. The topological polar surface area (TPSA) is 0 Å². The van der Waals surface area contributed by atoms with E-state index in [4.69, 9.17) is 0 Å². The van der Waals surface area contributed by atoms with Gasteiger partial charge < -0.3 is 0 Å². The highest BCUT2D eigenvalue weighted by Gasteiger charge is 2.03. The number of aryl methyl sites for hydroxylation is 2. The summed E-state index contributed by atoms with van der Waals surface area (Å²) in [4.78, 5) is 0. The Balaban J connectivity index is 3.44. The van der Waals surface area contributed by atoms with Crippen molar-refractivity contribution in [1.29, 1.82) is 0 Å². The maximum Gasteiger partial charge on any atom is -0.0155 e. The monoisotopic (exact) mass is 172 g/mol. The lowest BCUT2D eigenvalue weighted by molar-refractivity contribution is 1.12. The fraction of sp³-hybridized carbons (Fsp3) is 0.231. The van der Waals surface area contributed by atoms with Crippen LogP contribution in [0.3, 0.4) is 0 Å². The van der Waals surface area contributed by atoms with Crippen molar-refractivity contribution in [2.45, 2.75) is 20.3 Å². The van der Waals surface area contributed by atoms with E-state index in [0.29, 0.717) is 0 Å². The average molecular weight is 172 g/mol. The molecule has 0 bridgehead atoms. The minimum absolute atomic E-state index is 1.04. The molecule has 0 atom stereocenters. The van der Waals surface area contributed by atoms with Gasteiger partial charge in [-0.15, -0.1) is 0 Å². The second kappa shape index (κ2) is 4.08. The van der Waals surface area contributed by atoms with E-state index in [-0.39, 0.29) is 0 Å². The van der Waals surface area contributed by atoms with Gasteiger partial charge >= 0.3 is 0 Å². The molecule has 13 heavy (non-hydrogen) atoms. The second-order valence-electron chi connectivity index (χ2n) is 3.13. The molecule has 0 amide bonds. The predicted molar refractivity (Wildman–Crippen MR) is 60.7 cm³/mol. The molecule has 0 fully saturated rings. The molecule has 0 radical (unpaired) electrons. The van der Waals surface area contributed by atoms with Crippen molar-refractivity contribution in [3.8, 4) is 0 Å². The number of hydrogen-bond acceptors (Lipinski definition) is 0. The third-order valence-corrected chi connectivity index (χ3v) is 2.38. The molecule has 0 heterocycles. The summed E-state index contributed by atoms with van der Waals surface area (Å²) < 4.78 is 0. The Bertz CT molecular complexity index is 332. The summed E-state index contributed by atoms with van der Waals surface area (Å²) in [7, 11) is 0. The smallest absolute Gasteiger partial charge is 0.0155 e. The fourth-order valence-electron chi connectivity index (χ4n) is 1.61. The van der Waals surface area contributed by atoms with E-state index in [9.17, 15) is 0 Å². The van der Waals surface area contributed by atoms with E-state index < -0.39 is 0 Å². The molecule has 0 aliphatic rings. The van der Waals surface area contributed by atoms with Gasteiger partial charge in [-0.3, -0.25) is 0 Å². The molecule has 0 aliphatic carbocycles. The van der Waals surface area contributed by atoms with Crippen LogP contribution in [0, 0.1) is 6.92 Å². The Morgan fingerprint density at radius 1 is 1.15 bits per heavy atom. The standard InChI is InChI=1S/C13H16/c1-5-11-9-8-10(4)12(6-2)13(11)7-3/h6-9H,2-3,5H2,1,4H3. The predicted octanol–water partition coefficient (Wildman–Crippen LogP) is 3.84. The van der Waals surface area contributed by atoms with E-state index in [1.165, 1.54) is 22.3 Å². The molecule has 1 aromatic carbocycles. The Morgan fingerprint density at radius 3 is 2.23 bits per heavy atom. The molecule has 0 N–H and O–H groups in total. The maximum absolute atomic E-state index is 3.84. The molecular formula is C13H16. The van der Waals surface area contributed by atoms with Crippen molar-refractivity contribution in [3.63, 3.8) is 0 Å². The third-order valence-electron chi connectivity index (χ3n) is 2.38. The van der Waals surface area contributed by atoms with Crippen molar-refractivity contribution in [1.82, 2.24) is 0 Å². The lowest BCUT2D eigenvalue weighted by Gasteiger charge is -2.10. The molecule has 0 nitrogen and oxygen atoms in total. The largest absolute Gasteiger partial charge is 0.0984 e. The van der Waals surface area contributed by atoms with Crippen LogP contribution in [0.2, 0.25) is 0 Å². The van der Waals surface area contributed by atoms with Gasteiger partial charge in [0, 0.05) is 0 Å². The highest BCUT2D eigenvalue weighted by Crippen LogP contribution is 2.21. The van der Waals surface area contributed by atoms with Gasteiger partial charge in [0.2, 0.25) is 0 Å². The summed E-state index contributed by atoms with van der Waals surface area (Å²) in [5, 5.41) is 0. The summed E-state index contributed by atoms with van der Waals surface area (Å²) in [6.45, 7) is 11.9. The number of rotatable bonds is 3. The van der Waals surface area contributed by atoms with Crippen LogP contribution in [-0.2, 0) is 6.42 Å². The first-order chi connectivity index (χ1) is 6.24. The van der Waals surface area contributed by atoms with Crippen LogP contribution < -0.4 is 0 Å². The maximum atomic E-state index is 3.84. The van der Waals surface area contributed by atoms with Crippen LogP contribution in [0.25, 0.3) is 12.2 Å². The molecule has 1 rings (SSSR count). The van der Waals surface area contributed by atoms with Gasteiger partial charge in [0.05, 0.1) is 0 Å². The van der Waals surface area contributed by atoms with Gasteiger partial charge in [0.15, 0.2) is 0 Å². The van der Waals surface area contributed by atoms with E-state index in [0.717, 1.165) is 6.42 Å². The zero-order valence-corrected chi connectivity index (χ0v) is 8.43. The van der Waals surface area contributed by atoms with Gasteiger partial charge in [-0.05, 0) is 35.6 Å². The Hall–Kier alpha value is -1.30. The Labute approximate surface area is 80.6 Å². The van der Waals surface area contributed by atoms with E-state index in [2.05, 4.69) is 39.1 Å². The highest BCUT2D eigenvalue weighted by molar-refractivity contribution is 5.68.